The fourth-order valence-electron chi connectivity index (χ4n) is 2.64. The van der Waals surface area contributed by atoms with Gasteiger partial charge in [-0.2, -0.15) is 0 Å². The Labute approximate surface area is 109 Å². The normalized spacial score (nSPS) is 17.1. The molecule has 0 heterocycles. The molecule has 1 saturated carbocycles. The highest BCUT2D eigenvalue weighted by Crippen LogP contribution is 2.45. The molecule has 1 aromatic rings. The minimum Gasteiger partial charge on any atom is -0.496 e. The summed E-state index contributed by atoms with van der Waals surface area (Å²) in [4.78, 5) is 0. The van der Waals surface area contributed by atoms with Gasteiger partial charge in [0, 0.05) is 11.1 Å². The first kappa shape index (κ1) is 13.2. The van der Waals surface area contributed by atoms with Gasteiger partial charge < -0.3 is 15.2 Å². The Hall–Kier alpha value is -1.22. The number of methoxy groups -OCH3 is 2. The molecule has 0 unspecified atom stereocenters. The van der Waals surface area contributed by atoms with E-state index in [0.29, 0.717) is 0 Å². The third-order valence-electron chi connectivity index (χ3n) is 3.90. The van der Waals surface area contributed by atoms with Gasteiger partial charge in [-0.05, 0) is 43.4 Å². The Morgan fingerprint density at radius 1 is 1.17 bits per heavy atom. The van der Waals surface area contributed by atoms with E-state index in [-0.39, 0.29) is 5.54 Å². The maximum atomic E-state index is 6.41. The summed E-state index contributed by atoms with van der Waals surface area (Å²) in [6.45, 7) is 2.16. The van der Waals surface area contributed by atoms with Crippen molar-refractivity contribution in [2.24, 2.45) is 5.73 Å². The maximum absolute atomic E-state index is 6.41. The largest absolute Gasteiger partial charge is 0.496 e. The summed E-state index contributed by atoms with van der Waals surface area (Å²) in [6, 6.07) is 4.16. The van der Waals surface area contributed by atoms with Crippen LogP contribution < -0.4 is 15.2 Å². The molecule has 18 heavy (non-hydrogen) atoms. The van der Waals surface area contributed by atoms with E-state index < -0.39 is 0 Å². The summed E-state index contributed by atoms with van der Waals surface area (Å²) in [7, 11) is 3.43. The zero-order valence-corrected chi connectivity index (χ0v) is 11.6. The molecule has 1 fully saturated rings. The Morgan fingerprint density at radius 3 is 2.28 bits per heavy atom. The van der Waals surface area contributed by atoms with E-state index in [2.05, 4.69) is 19.1 Å². The maximum Gasteiger partial charge on any atom is 0.124 e. The molecule has 0 bridgehead atoms. The van der Waals surface area contributed by atoms with E-state index in [1.807, 2.05) is 0 Å². The SMILES string of the molecule is CCCc1cc(OC)c(C2(N)CCC2)cc1OC. The van der Waals surface area contributed by atoms with Gasteiger partial charge in [0.05, 0.1) is 14.2 Å². The quantitative estimate of drug-likeness (QED) is 0.872. The van der Waals surface area contributed by atoms with Crippen LogP contribution in [-0.2, 0) is 12.0 Å². The first-order valence-electron chi connectivity index (χ1n) is 6.69. The second-order valence-corrected chi connectivity index (χ2v) is 5.12. The van der Waals surface area contributed by atoms with Crippen molar-refractivity contribution < 1.29 is 9.47 Å². The van der Waals surface area contributed by atoms with Crippen molar-refractivity contribution in [3.8, 4) is 11.5 Å². The van der Waals surface area contributed by atoms with E-state index in [1.165, 1.54) is 12.0 Å². The Balaban J connectivity index is 2.45. The van der Waals surface area contributed by atoms with Crippen LogP contribution in [0.5, 0.6) is 11.5 Å². The smallest absolute Gasteiger partial charge is 0.124 e. The monoisotopic (exact) mass is 249 g/mol. The molecular formula is C15H23NO2. The van der Waals surface area contributed by atoms with E-state index >= 15 is 0 Å². The van der Waals surface area contributed by atoms with Crippen molar-refractivity contribution in [1.29, 1.82) is 0 Å². The molecule has 0 aromatic heterocycles. The highest BCUT2D eigenvalue weighted by molar-refractivity contribution is 5.50. The van der Waals surface area contributed by atoms with Gasteiger partial charge in [-0.3, -0.25) is 0 Å². The highest BCUT2D eigenvalue weighted by atomic mass is 16.5. The molecule has 100 valence electrons. The molecule has 0 aliphatic heterocycles. The summed E-state index contributed by atoms with van der Waals surface area (Å²) in [6.07, 6.45) is 5.34. The van der Waals surface area contributed by atoms with Gasteiger partial charge in [0.15, 0.2) is 0 Å². The average Bonchev–Trinajstić information content (AvgIpc) is 2.35. The zero-order chi connectivity index (χ0) is 13.2. The topological polar surface area (TPSA) is 44.5 Å². The number of ether oxygens (including phenoxy) is 2. The molecule has 0 saturated heterocycles. The molecule has 0 atom stereocenters. The van der Waals surface area contributed by atoms with E-state index in [0.717, 1.165) is 42.7 Å². The van der Waals surface area contributed by atoms with Crippen LogP contribution in [0.2, 0.25) is 0 Å². The summed E-state index contributed by atoms with van der Waals surface area (Å²) in [5.41, 5.74) is 8.48. The Kier molecular flexibility index (Phi) is 3.81. The molecule has 1 aromatic carbocycles. The zero-order valence-electron chi connectivity index (χ0n) is 11.6. The average molecular weight is 249 g/mol. The summed E-state index contributed by atoms with van der Waals surface area (Å²) >= 11 is 0. The number of nitrogens with two attached hydrogens (primary N) is 1. The van der Waals surface area contributed by atoms with Gasteiger partial charge in [0.2, 0.25) is 0 Å². The lowest BCUT2D eigenvalue weighted by Gasteiger charge is -2.39. The summed E-state index contributed by atoms with van der Waals surface area (Å²) in [5, 5.41) is 0. The molecule has 2 N–H and O–H groups in total. The van der Waals surface area contributed by atoms with Crippen molar-refractivity contribution in [2.75, 3.05) is 14.2 Å². The molecule has 2 rings (SSSR count). The number of rotatable bonds is 5. The standard InChI is InChI=1S/C15H23NO2/c1-4-6-11-9-14(18-3)12(10-13(11)17-2)15(16)7-5-8-15/h9-10H,4-8,16H2,1-3H3. The first-order valence-corrected chi connectivity index (χ1v) is 6.69. The number of benzene rings is 1. The Morgan fingerprint density at radius 2 is 1.83 bits per heavy atom. The Bertz CT molecular complexity index is 425. The molecular weight excluding hydrogens is 226 g/mol. The van der Waals surface area contributed by atoms with Crippen LogP contribution in [0.1, 0.15) is 43.7 Å². The predicted octanol–water partition coefficient (Wildman–Crippen LogP) is 2.99. The fraction of sp³-hybridized carbons (Fsp3) is 0.600. The minimum absolute atomic E-state index is 0.219. The molecule has 0 spiro atoms. The molecule has 0 radical (unpaired) electrons. The minimum atomic E-state index is -0.219. The van der Waals surface area contributed by atoms with Gasteiger partial charge in [-0.1, -0.05) is 13.3 Å². The molecule has 3 heteroatoms. The molecule has 1 aliphatic rings. The second-order valence-electron chi connectivity index (χ2n) is 5.12. The predicted molar refractivity (Wildman–Crippen MR) is 73.3 cm³/mol. The van der Waals surface area contributed by atoms with Gasteiger partial charge in [-0.25, -0.2) is 0 Å². The number of hydrogen-bond acceptors (Lipinski definition) is 3. The summed E-state index contributed by atoms with van der Waals surface area (Å²) in [5.74, 6) is 1.84. The van der Waals surface area contributed by atoms with Crippen LogP contribution in [0.4, 0.5) is 0 Å². The summed E-state index contributed by atoms with van der Waals surface area (Å²) < 4.78 is 11.0. The van der Waals surface area contributed by atoms with Crippen molar-refractivity contribution in [3.05, 3.63) is 23.3 Å². The van der Waals surface area contributed by atoms with E-state index in [1.54, 1.807) is 14.2 Å². The highest BCUT2D eigenvalue weighted by Gasteiger charge is 2.37. The second kappa shape index (κ2) is 5.19. The van der Waals surface area contributed by atoms with Crippen LogP contribution in [0, 0.1) is 0 Å². The van der Waals surface area contributed by atoms with E-state index in [9.17, 15) is 0 Å². The van der Waals surface area contributed by atoms with Crippen LogP contribution in [-0.4, -0.2) is 14.2 Å². The number of hydrogen-bond donors (Lipinski definition) is 1. The fourth-order valence-corrected chi connectivity index (χ4v) is 2.64. The van der Waals surface area contributed by atoms with Gasteiger partial charge >= 0.3 is 0 Å². The van der Waals surface area contributed by atoms with Crippen LogP contribution in [0.3, 0.4) is 0 Å². The lowest BCUT2D eigenvalue weighted by molar-refractivity contribution is 0.242. The molecule has 0 amide bonds. The van der Waals surface area contributed by atoms with Gasteiger partial charge in [0.1, 0.15) is 11.5 Å². The van der Waals surface area contributed by atoms with Crippen LogP contribution in [0.25, 0.3) is 0 Å². The van der Waals surface area contributed by atoms with Crippen molar-refractivity contribution in [1.82, 2.24) is 0 Å². The molecule has 3 nitrogen and oxygen atoms in total. The van der Waals surface area contributed by atoms with Crippen molar-refractivity contribution >= 4 is 0 Å². The third-order valence-corrected chi connectivity index (χ3v) is 3.90. The third kappa shape index (κ3) is 2.19. The van der Waals surface area contributed by atoms with Crippen LogP contribution >= 0.6 is 0 Å². The van der Waals surface area contributed by atoms with Gasteiger partial charge in [0.25, 0.3) is 0 Å². The lowest BCUT2D eigenvalue weighted by atomic mass is 9.72. The van der Waals surface area contributed by atoms with Crippen molar-refractivity contribution in [3.63, 3.8) is 0 Å². The lowest BCUT2D eigenvalue weighted by Crippen LogP contribution is -2.43. The van der Waals surface area contributed by atoms with Crippen LogP contribution in [0.15, 0.2) is 12.1 Å². The van der Waals surface area contributed by atoms with Crippen molar-refractivity contribution in [2.45, 2.75) is 44.6 Å². The molecule has 1 aliphatic carbocycles. The number of aryl methyl sites for hydroxylation is 1. The van der Waals surface area contributed by atoms with Gasteiger partial charge in [-0.15, -0.1) is 0 Å². The van der Waals surface area contributed by atoms with E-state index in [4.69, 9.17) is 15.2 Å². The first-order chi connectivity index (χ1) is 8.64.